The maximum Gasteiger partial charge on any atom is 0.326 e. The summed E-state index contributed by atoms with van der Waals surface area (Å²) in [6, 6.07) is -3.85. The molecule has 4 unspecified atom stereocenters. The molecule has 1 aromatic rings. The van der Waals surface area contributed by atoms with Crippen molar-refractivity contribution in [1.82, 2.24) is 25.5 Å². The lowest BCUT2D eigenvalue weighted by Gasteiger charge is -2.28. The number of hydrogen-bond donors (Lipinski definition) is 8. The second-order valence-corrected chi connectivity index (χ2v) is 9.27. The van der Waals surface area contributed by atoms with Gasteiger partial charge in [0.1, 0.15) is 18.1 Å². The Kier molecular flexibility index (Phi) is 12.5. The molecule has 1 fully saturated rings. The van der Waals surface area contributed by atoms with Crippen molar-refractivity contribution in [2.75, 3.05) is 19.6 Å². The zero-order valence-corrected chi connectivity index (χ0v) is 21.5. The van der Waals surface area contributed by atoms with Gasteiger partial charge in [-0.25, -0.2) is 9.78 Å². The molecule has 1 saturated heterocycles. The molecule has 38 heavy (non-hydrogen) atoms. The van der Waals surface area contributed by atoms with Gasteiger partial charge in [0.05, 0.1) is 12.4 Å². The van der Waals surface area contributed by atoms with Crippen LogP contribution < -0.4 is 33.6 Å². The first-order valence-corrected chi connectivity index (χ1v) is 12.8. The van der Waals surface area contributed by atoms with Crippen LogP contribution in [-0.4, -0.2) is 93.4 Å². The quantitative estimate of drug-likeness (QED) is 0.0625. The van der Waals surface area contributed by atoms with Gasteiger partial charge in [-0.1, -0.05) is 0 Å². The third-order valence-corrected chi connectivity index (χ3v) is 6.29. The standard InChI is InChI=1S/C23H40N10O5/c24-8-2-1-5-17(22(37)38)32-19(34)16(6-3-9-29-23(26)27)31-20(35)18-7-4-10-33(18)21(36)15(25)11-14-12-28-13-30-14/h12-13,15-18H,1-11,24-25H2,(H,28,30)(H,31,35)(H,32,34)(H,37,38)(H4,26,27,29). The summed E-state index contributed by atoms with van der Waals surface area (Å²) in [6.07, 6.45) is 6.16. The van der Waals surface area contributed by atoms with Crippen LogP contribution in [0.5, 0.6) is 0 Å². The zero-order valence-electron chi connectivity index (χ0n) is 21.5. The Hall–Kier alpha value is -3.72. The van der Waals surface area contributed by atoms with Crippen LogP contribution in [0.2, 0.25) is 0 Å². The van der Waals surface area contributed by atoms with Gasteiger partial charge in [0.2, 0.25) is 17.7 Å². The van der Waals surface area contributed by atoms with Crippen LogP contribution in [0, 0.1) is 0 Å². The van der Waals surface area contributed by atoms with Crippen molar-refractivity contribution in [2.45, 2.75) is 75.5 Å². The number of aliphatic imine (C=N–C) groups is 1. The number of carboxylic acid groups (broad SMARTS) is 1. The number of rotatable bonds is 16. The SMILES string of the molecule is NCCCCC(NC(=O)C(CCCN=C(N)N)NC(=O)C1CCCN1C(=O)C(N)Cc1cnc[nH]1)C(=O)O. The lowest BCUT2D eigenvalue weighted by molar-refractivity contribution is -0.143. The number of imidazole rings is 1. The summed E-state index contributed by atoms with van der Waals surface area (Å²) in [5.74, 6) is -2.82. The maximum atomic E-state index is 13.2. The number of guanidine groups is 1. The number of nitrogens with one attached hydrogen (secondary N) is 3. The van der Waals surface area contributed by atoms with E-state index in [9.17, 15) is 24.3 Å². The molecule has 0 spiro atoms. The lowest BCUT2D eigenvalue weighted by atomic mass is 10.1. The molecule has 0 saturated carbocycles. The molecule has 12 N–H and O–H groups in total. The average molecular weight is 537 g/mol. The molecule has 1 aromatic heterocycles. The van der Waals surface area contributed by atoms with Gasteiger partial charge < -0.3 is 48.6 Å². The Morgan fingerprint density at radius 3 is 2.53 bits per heavy atom. The van der Waals surface area contributed by atoms with Crippen molar-refractivity contribution in [2.24, 2.45) is 27.9 Å². The third-order valence-electron chi connectivity index (χ3n) is 6.29. The summed E-state index contributed by atoms with van der Waals surface area (Å²) in [4.78, 5) is 63.1. The minimum Gasteiger partial charge on any atom is -0.480 e. The van der Waals surface area contributed by atoms with Gasteiger partial charge in [-0.05, 0) is 51.5 Å². The number of carbonyl (C=O) groups excluding carboxylic acids is 3. The van der Waals surface area contributed by atoms with Crippen molar-refractivity contribution < 1.29 is 24.3 Å². The minimum atomic E-state index is -1.18. The van der Waals surface area contributed by atoms with E-state index >= 15 is 0 Å². The van der Waals surface area contributed by atoms with Crippen molar-refractivity contribution in [3.05, 3.63) is 18.2 Å². The number of aliphatic carboxylic acids is 1. The summed E-state index contributed by atoms with van der Waals surface area (Å²) in [7, 11) is 0. The Bertz CT molecular complexity index is 950. The Labute approximate surface area is 221 Å². The van der Waals surface area contributed by atoms with E-state index in [1.54, 1.807) is 6.20 Å². The number of H-pyrrole nitrogens is 1. The van der Waals surface area contributed by atoms with E-state index in [1.807, 2.05) is 0 Å². The predicted octanol–water partition coefficient (Wildman–Crippen LogP) is -2.49. The van der Waals surface area contributed by atoms with Crippen LogP contribution in [0.1, 0.15) is 50.6 Å². The molecular formula is C23H40N10O5. The van der Waals surface area contributed by atoms with Crippen LogP contribution >= 0.6 is 0 Å². The molecule has 1 aliphatic rings. The summed E-state index contributed by atoms with van der Waals surface area (Å²) >= 11 is 0. The van der Waals surface area contributed by atoms with Crippen LogP contribution in [0.25, 0.3) is 0 Å². The van der Waals surface area contributed by atoms with E-state index in [2.05, 4.69) is 25.6 Å². The van der Waals surface area contributed by atoms with E-state index in [-0.39, 0.29) is 37.7 Å². The number of hydrogen-bond acceptors (Lipinski definition) is 8. The number of amides is 3. The second-order valence-electron chi connectivity index (χ2n) is 9.27. The zero-order chi connectivity index (χ0) is 28.1. The summed E-state index contributed by atoms with van der Waals surface area (Å²) in [5, 5.41) is 14.7. The minimum absolute atomic E-state index is 0.104. The van der Waals surface area contributed by atoms with E-state index in [0.717, 1.165) is 0 Å². The third kappa shape index (κ3) is 9.63. The van der Waals surface area contributed by atoms with E-state index in [1.165, 1.54) is 11.2 Å². The van der Waals surface area contributed by atoms with Gasteiger partial charge in [-0.2, -0.15) is 0 Å². The number of unbranched alkanes of at least 4 members (excludes halogenated alkanes) is 1. The monoisotopic (exact) mass is 536 g/mol. The van der Waals surface area contributed by atoms with Crippen LogP contribution in [-0.2, 0) is 25.6 Å². The van der Waals surface area contributed by atoms with Gasteiger partial charge in [-0.15, -0.1) is 0 Å². The molecule has 1 aliphatic heterocycles. The molecule has 0 radical (unpaired) electrons. The van der Waals surface area contributed by atoms with E-state index in [4.69, 9.17) is 22.9 Å². The van der Waals surface area contributed by atoms with Gasteiger partial charge in [0, 0.05) is 31.4 Å². The molecule has 0 bridgehead atoms. The summed E-state index contributed by atoms with van der Waals surface area (Å²) in [5.41, 5.74) is 23.0. The first-order valence-electron chi connectivity index (χ1n) is 12.8. The maximum absolute atomic E-state index is 13.2. The van der Waals surface area contributed by atoms with Crippen LogP contribution in [0.15, 0.2) is 17.5 Å². The Morgan fingerprint density at radius 2 is 1.89 bits per heavy atom. The Morgan fingerprint density at radius 1 is 1.16 bits per heavy atom. The highest BCUT2D eigenvalue weighted by molar-refractivity contribution is 5.94. The number of carbonyl (C=O) groups is 4. The topological polar surface area (TPSA) is 261 Å². The fourth-order valence-corrected chi connectivity index (χ4v) is 4.30. The number of aromatic nitrogens is 2. The van der Waals surface area contributed by atoms with Gasteiger partial charge in [0.15, 0.2) is 5.96 Å². The highest BCUT2D eigenvalue weighted by atomic mass is 16.4. The van der Waals surface area contributed by atoms with Crippen molar-refractivity contribution in [1.29, 1.82) is 0 Å². The normalized spacial score (nSPS) is 17.3. The summed E-state index contributed by atoms with van der Waals surface area (Å²) < 4.78 is 0. The van der Waals surface area contributed by atoms with Crippen molar-refractivity contribution in [3.63, 3.8) is 0 Å². The average Bonchev–Trinajstić information content (AvgIpc) is 3.56. The number of carboxylic acids is 1. The largest absolute Gasteiger partial charge is 0.480 e. The first kappa shape index (κ1) is 30.5. The van der Waals surface area contributed by atoms with E-state index in [0.29, 0.717) is 50.9 Å². The molecule has 15 nitrogen and oxygen atoms in total. The lowest BCUT2D eigenvalue weighted by Crippen LogP contribution is -2.56. The molecular weight excluding hydrogens is 496 g/mol. The van der Waals surface area contributed by atoms with Crippen molar-refractivity contribution in [3.8, 4) is 0 Å². The smallest absolute Gasteiger partial charge is 0.326 e. The number of aromatic amines is 1. The summed E-state index contributed by atoms with van der Waals surface area (Å²) in [6.45, 7) is 0.987. The van der Waals surface area contributed by atoms with Gasteiger partial charge in [-0.3, -0.25) is 19.4 Å². The molecule has 0 aromatic carbocycles. The highest BCUT2D eigenvalue weighted by Crippen LogP contribution is 2.19. The molecule has 2 heterocycles. The fraction of sp³-hybridized carbons (Fsp3) is 0.652. The molecule has 2 rings (SSSR count). The van der Waals surface area contributed by atoms with Gasteiger partial charge >= 0.3 is 5.97 Å². The molecule has 3 amide bonds. The van der Waals surface area contributed by atoms with Gasteiger partial charge in [0.25, 0.3) is 0 Å². The molecule has 212 valence electrons. The predicted molar refractivity (Wildman–Crippen MR) is 139 cm³/mol. The molecule has 0 aliphatic carbocycles. The molecule has 4 atom stereocenters. The van der Waals surface area contributed by atoms with E-state index < -0.39 is 42.0 Å². The van der Waals surface area contributed by atoms with Crippen LogP contribution in [0.3, 0.4) is 0 Å². The second kappa shape index (κ2) is 15.5. The highest BCUT2D eigenvalue weighted by Gasteiger charge is 2.38. The number of nitrogens with zero attached hydrogens (tertiary/aromatic N) is 3. The number of nitrogens with two attached hydrogens (primary N) is 4. The van der Waals surface area contributed by atoms with Crippen molar-refractivity contribution >= 4 is 29.7 Å². The molecule has 15 heteroatoms. The fourth-order valence-electron chi connectivity index (χ4n) is 4.30. The van der Waals surface area contributed by atoms with Crippen LogP contribution in [0.4, 0.5) is 0 Å². The Balaban J connectivity index is 2.08. The first-order chi connectivity index (χ1) is 18.1. The number of likely N-dealkylation sites (tertiary alicyclic amines) is 1.